The van der Waals surface area contributed by atoms with Gasteiger partial charge in [-0.3, -0.25) is 9.48 Å². The largest absolute Gasteiger partial charge is 0.383 e. The summed E-state index contributed by atoms with van der Waals surface area (Å²) >= 11 is 0. The molecule has 3 N–H and O–H groups in total. The summed E-state index contributed by atoms with van der Waals surface area (Å²) in [5.74, 6) is 0.680. The van der Waals surface area contributed by atoms with Crippen LogP contribution in [0.15, 0.2) is 31.2 Å². The lowest BCUT2D eigenvalue weighted by molar-refractivity contribution is -0.127. The smallest absolute Gasteiger partial charge is 0.246 e. The van der Waals surface area contributed by atoms with Gasteiger partial charge in [-0.1, -0.05) is 6.58 Å². The topological polar surface area (TPSA) is 120 Å². The van der Waals surface area contributed by atoms with Crippen molar-refractivity contribution >= 4 is 34.4 Å². The zero-order valence-electron chi connectivity index (χ0n) is 15.7. The molecule has 1 aliphatic heterocycles. The average molecular weight is 381 g/mol. The third-order valence-electron chi connectivity index (χ3n) is 4.93. The minimum absolute atomic E-state index is 0.0279. The highest BCUT2D eigenvalue weighted by Gasteiger charge is 2.26. The quantitative estimate of drug-likeness (QED) is 0.646. The van der Waals surface area contributed by atoms with Crippen LogP contribution in [-0.4, -0.2) is 53.4 Å². The van der Waals surface area contributed by atoms with Gasteiger partial charge < -0.3 is 16.0 Å². The molecular formula is C18H23N9O. The number of nitrogens with two attached hydrogens (primary N) is 1. The van der Waals surface area contributed by atoms with Crippen molar-refractivity contribution < 1.29 is 4.79 Å². The molecule has 4 rings (SSSR count). The van der Waals surface area contributed by atoms with Gasteiger partial charge in [-0.25, -0.2) is 4.68 Å². The number of nitrogens with zero attached hydrogens (tertiary/aromatic N) is 7. The number of nitrogen functional groups attached to an aromatic ring is 1. The Bertz CT molecular complexity index is 1020. The molecule has 10 heteroatoms. The third kappa shape index (κ3) is 3.28. The van der Waals surface area contributed by atoms with Crippen molar-refractivity contribution in [2.24, 2.45) is 0 Å². The predicted octanol–water partition coefficient (Wildman–Crippen LogP) is 1.72. The van der Waals surface area contributed by atoms with Crippen LogP contribution in [-0.2, 0) is 11.3 Å². The van der Waals surface area contributed by atoms with Gasteiger partial charge in [-0.2, -0.15) is 20.2 Å². The van der Waals surface area contributed by atoms with E-state index in [1.807, 2.05) is 22.5 Å². The fraction of sp³-hybridized carbons (Fsp3) is 0.389. The molecule has 1 saturated heterocycles. The Balaban J connectivity index is 1.65. The predicted molar refractivity (Wildman–Crippen MR) is 106 cm³/mol. The maximum Gasteiger partial charge on any atom is 0.246 e. The van der Waals surface area contributed by atoms with Crippen molar-refractivity contribution in [3.63, 3.8) is 0 Å². The second-order valence-corrected chi connectivity index (χ2v) is 6.75. The molecule has 3 aromatic heterocycles. The van der Waals surface area contributed by atoms with E-state index in [0.717, 1.165) is 31.6 Å². The van der Waals surface area contributed by atoms with Gasteiger partial charge in [0.1, 0.15) is 5.82 Å². The minimum Gasteiger partial charge on any atom is -0.383 e. The van der Waals surface area contributed by atoms with Gasteiger partial charge in [-0.05, 0) is 25.8 Å². The number of rotatable bonds is 5. The number of likely N-dealkylation sites (tertiary alicyclic amines) is 1. The van der Waals surface area contributed by atoms with E-state index in [9.17, 15) is 4.79 Å². The molecule has 3 aromatic rings. The van der Waals surface area contributed by atoms with Crippen LogP contribution in [0.1, 0.15) is 25.8 Å². The second-order valence-electron chi connectivity index (χ2n) is 6.75. The van der Waals surface area contributed by atoms with Crippen molar-refractivity contribution in [1.29, 1.82) is 0 Å². The average Bonchev–Trinajstić information content (AvgIpc) is 3.34. The van der Waals surface area contributed by atoms with Crippen LogP contribution in [0.3, 0.4) is 0 Å². The van der Waals surface area contributed by atoms with Crippen LogP contribution in [0.5, 0.6) is 0 Å². The number of hydrogen-bond acceptors (Lipinski definition) is 7. The molecule has 1 amide bonds. The number of aromatic nitrogens is 6. The normalized spacial score (nSPS) is 17.0. The van der Waals surface area contributed by atoms with E-state index in [2.05, 4.69) is 32.1 Å². The Morgan fingerprint density at radius 2 is 2.25 bits per heavy atom. The fourth-order valence-corrected chi connectivity index (χ4v) is 3.48. The first-order valence-electron chi connectivity index (χ1n) is 9.30. The lowest BCUT2D eigenvalue weighted by Gasteiger charge is -2.32. The highest BCUT2D eigenvalue weighted by atomic mass is 16.2. The summed E-state index contributed by atoms with van der Waals surface area (Å²) in [5, 5.41) is 12.6. The van der Waals surface area contributed by atoms with Crippen LogP contribution < -0.4 is 11.1 Å². The summed E-state index contributed by atoms with van der Waals surface area (Å²) in [7, 11) is 0. The van der Waals surface area contributed by atoms with Gasteiger partial charge in [0.25, 0.3) is 0 Å². The zero-order valence-corrected chi connectivity index (χ0v) is 15.7. The third-order valence-corrected chi connectivity index (χ3v) is 4.93. The second kappa shape index (κ2) is 7.29. The molecule has 0 aliphatic carbocycles. The van der Waals surface area contributed by atoms with Crippen molar-refractivity contribution in [3.05, 3.63) is 31.2 Å². The first-order chi connectivity index (χ1) is 13.6. The monoisotopic (exact) mass is 381 g/mol. The van der Waals surface area contributed by atoms with E-state index in [0.29, 0.717) is 29.3 Å². The Hall–Kier alpha value is -3.43. The number of anilines is 3. The maximum absolute atomic E-state index is 12.0. The fourth-order valence-electron chi connectivity index (χ4n) is 3.48. The first kappa shape index (κ1) is 18.0. The summed E-state index contributed by atoms with van der Waals surface area (Å²) in [6.07, 6.45) is 8.42. The van der Waals surface area contributed by atoms with Crippen LogP contribution >= 0.6 is 0 Å². The van der Waals surface area contributed by atoms with Crippen LogP contribution in [0, 0.1) is 0 Å². The highest BCUT2D eigenvalue weighted by Crippen LogP contribution is 2.27. The van der Waals surface area contributed by atoms with Crippen molar-refractivity contribution in [1.82, 2.24) is 34.4 Å². The first-order valence-corrected chi connectivity index (χ1v) is 9.30. The summed E-state index contributed by atoms with van der Waals surface area (Å²) in [4.78, 5) is 22.8. The number of amides is 1. The van der Waals surface area contributed by atoms with E-state index < -0.39 is 0 Å². The van der Waals surface area contributed by atoms with Gasteiger partial charge in [0.05, 0.1) is 29.5 Å². The highest BCUT2D eigenvalue weighted by molar-refractivity contribution is 5.87. The summed E-state index contributed by atoms with van der Waals surface area (Å²) < 4.78 is 3.65. The van der Waals surface area contributed by atoms with Crippen LogP contribution in [0.4, 0.5) is 17.5 Å². The van der Waals surface area contributed by atoms with E-state index >= 15 is 0 Å². The van der Waals surface area contributed by atoms with Gasteiger partial charge >= 0.3 is 0 Å². The van der Waals surface area contributed by atoms with Crippen LogP contribution in [0.2, 0.25) is 0 Å². The van der Waals surface area contributed by atoms with E-state index in [4.69, 9.17) is 5.73 Å². The molecule has 0 saturated carbocycles. The molecule has 0 radical (unpaired) electrons. The Labute approximate surface area is 162 Å². The summed E-state index contributed by atoms with van der Waals surface area (Å²) in [5.41, 5.74) is 7.57. The Kier molecular flexibility index (Phi) is 4.68. The van der Waals surface area contributed by atoms with Crippen LogP contribution in [0.25, 0.3) is 11.0 Å². The molecule has 0 bridgehead atoms. The van der Waals surface area contributed by atoms with Crippen molar-refractivity contribution in [2.45, 2.75) is 32.4 Å². The molecule has 1 aliphatic rings. The minimum atomic E-state index is -0.0643. The number of carbonyl (C=O) groups excluding carboxylic acids is 1. The Morgan fingerprint density at radius 3 is 3.00 bits per heavy atom. The van der Waals surface area contributed by atoms with Gasteiger partial charge in [0.2, 0.25) is 11.9 Å². The molecule has 146 valence electrons. The molecule has 1 atom stereocenters. The molecule has 0 aromatic carbocycles. The molecule has 4 heterocycles. The Morgan fingerprint density at radius 1 is 1.39 bits per heavy atom. The lowest BCUT2D eigenvalue weighted by Crippen LogP contribution is -2.40. The van der Waals surface area contributed by atoms with Crippen molar-refractivity contribution in [2.75, 3.05) is 24.1 Å². The number of fused-ring (bicyclic) bond motifs is 1. The standard InChI is InChI=1S/C18H23N9O/c1-3-15(28)25-7-5-6-13(11-25)27-17-14(9-21-27)16(19)23-18(24-17)22-12-8-20-26(4-2)10-12/h3,8-10,13H,1,4-7,11H2,2H3,(H3,19,22,23,24)/t13-/m1/s1. The summed E-state index contributed by atoms with van der Waals surface area (Å²) in [6, 6.07) is 0.0279. The number of aryl methyl sites for hydroxylation is 1. The molecule has 28 heavy (non-hydrogen) atoms. The number of piperidine rings is 1. The van der Waals surface area contributed by atoms with E-state index in [-0.39, 0.29) is 11.9 Å². The zero-order chi connectivity index (χ0) is 19.7. The number of nitrogens with one attached hydrogen (secondary N) is 1. The number of carbonyl (C=O) groups is 1. The number of hydrogen-bond donors (Lipinski definition) is 2. The van der Waals surface area contributed by atoms with Gasteiger partial charge in [-0.15, -0.1) is 0 Å². The molecule has 1 fully saturated rings. The molecular weight excluding hydrogens is 358 g/mol. The van der Waals surface area contributed by atoms with E-state index in [1.54, 1.807) is 17.3 Å². The molecule has 0 spiro atoms. The molecule has 0 unspecified atom stereocenters. The van der Waals surface area contributed by atoms with Gasteiger partial charge in [0, 0.05) is 25.8 Å². The maximum atomic E-state index is 12.0. The molecule has 10 nitrogen and oxygen atoms in total. The SMILES string of the molecule is C=CC(=O)N1CCC[C@@H](n2ncc3c(N)nc(Nc4cnn(CC)c4)nc32)C1. The van der Waals surface area contributed by atoms with Crippen molar-refractivity contribution in [3.8, 4) is 0 Å². The van der Waals surface area contributed by atoms with E-state index in [1.165, 1.54) is 6.08 Å². The summed E-state index contributed by atoms with van der Waals surface area (Å²) in [6.45, 7) is 7.66. The lowest BCUT2D eigenvalue weighted by atomic mass is 10.1. The van der Waals surface area contributed by atoms with Gasteiger partial charge in [0.15, 0.2) is 5.65 Å².